The van der Waals surface area contributed by atoms with Crippen LogP contribution in [0.3, 0.4) is 0 Å². The number of rotatable bonds is 12. The first kappa shape index (κ1) is 31.9. The van der Waals surface area contributed by atoms with Crippen molar-refractivity contribution in [2.24, 2.45) is 0 Å². The summed E-state index contributed by atoms with van der Waals surface area (Å²) in [6.45, 7) is 2.62. The second-order valence-electron chi connectivity index (χ2n) is 9.64. The van der Waals surface area contributed by atoms with E-state index in [0.717, 1.165) is 22.2 Å². The van der Waals surface area contributed by atoms with Crippen molar-refractivity contribution < 1.29 is 22.9 Å². The number of hydrogen-bond acceptors (Lipinski definition) is 6. The van der Waals surface area contributed by atoms with Crippen LogP contribution in [0.4, 0.5) is 11.4 Å². The third kappa shape index (κ3) is 8.66. The zero-order valence-corrected chi connectivity index (χ0v) is 25.0. The molecule has 1 unspecified atom stereocenters. The summed E-state index contributed by atoms with van der Waals surface area (Å²) in [5.41, 5.74) is 0.720. The van der Waals surface area contributed by atoms with Crippen LogP contribution in [0.25, 0.3) is 0 Å². The lowest BCUT2D eigenvalue weighted by Crippen LogP contribution is -2.54. The van der Waals surface area contributed by atoms with Gasteiger partial charge in [-0.1, -0.05) is 65.7 Å². The van der Waals surface area contributed by atoms with Crippen LogP contribution in [0.2, 0.25) is 10.0 Å². The first-order valence-corrected chi connectivity index (χ1v) is 15.2. The minimum absolute atomic E-state index is 0.0722. The maximum atomic E-state index is 14.1. The van der Waals surface area contributed by atoms with Crippen molar-refractivity contribution in [3.63, 3.8) is 0 Å². The molecule has 0 aliphatic carbocycles. The highest BCUT2D eigenvalue weighted by Gasteiger charge is 2.34. The van der Waals surface area contributed by atoms with Gasteiger partial charge in [0.15, 0.2) is 0 Å². The molecule has 10 nitrogen and oxygen atoms in total. The summed E-state index contributed by atoms with van der Waals surface area (Å²) in [4.78, 5) is 39.5. The standard InChI is InChI=1S/C28H30Cl2N4O6S/c1-19(2)31-28(36)26(15-20-9-5-4-6-10-20)32(17-23-24(29)13-8-14-25(23)30)27(35)18-33(41(3,39)40)21-11-7-12-22(16-21)34(37)38/h4-14,16,19,26H,15,17-18H2,1-3H3,(H,31,36). The molecule has 0 aliphatic rings. The number of anilines is 1. The fourth-order valence-electron chi connectivity index (χ4n) is 4.16. The molecule has 0 saturated carbocycles. The smallest absolute Gasteiger partial charge is 0.271 e. The molecule has 13 heteroatoms. The van der Waals surface area contributed by atoms with Crippen molar-refractivity contribution in [2.75, 3.05) is 17.1 Å². The largest absolute Gasteiger partial charge is 0.352 e. The minimum atomic E-state index is -4.09. The number of carbonyl (C=O) groups is 2. The van der Waals surface area contributed by atoms with Crippen molar-refractivity contribution in [3.05, 3.63) is 104 Å². The van der Waals surface area contributed by atoms with E-state index in [9.17, 15) is 28.1 Å². The molecule has 0 heterocycles. The Morgan fingerprint density at radius 1 is 0.976 bits per heavy atom. The van der Waals surface area contributed by atoms with Gasteiger partial charge in [0.2, 0.25) is 21.8 Å². The molecule has 0 saturated heterocycles. The number of nitro groups is 1. The molecule has 0 bridgehead atoms. The van der Waals surface area contributed by atoms with E-state index in [-0.39, 0.29) is 40.4 Å². The van der Waals surface area contributed by atoms with Gasteiger partial charge in [0.25, 0.3) is 5.69 Å². The summed E-state index contributed by atoms with van der Waals surface area (Å²) in [6.07, 6.45) is 1.00. The van der Waals surface area contributed by atoms with Crippen LogP contribution >= 0.6 is 23.2 Å². The zero-order chi connectivity index (χ0) is 30.3. The van der Waals surface area contributed by atoms with Crippen molar-refractivity contribution in [1.29, 1.82) is 0 Å². The summed E-state index contributed by atoms with van der Waals surface area (Å²) in [5.74, 6) is -1.20. The maximum absolute atomic E-state index is 14.1. The third-order valence-corrected chi connectivity index (χ3v) is 7.95. The molecular weight excluding hydrogens is 591 g/mol. The lowest BCUT2D eigenvalue weighted by molar-refractivity contribution is -0.384. The summed E-state index contributed by atoms with van der Waals surface area (Å²) in [7, 11) is -4.09. The highest BCUT2D eigenvalue weighted by atomic mass is 35.5. The van der Waals surface area contributed by atoms with Gasteiger partial charge in [0, 0.05) is 46.7 Å². The SMILES string of the molecule is CC(C)NC(=O)C(Cc1ccccc1)N(Cc1c(Cl)cccc1Cl)C(=O)CN(c1cccc([N+](=O)[O-])c1)S(C)(=O)=O. The lowest BCUT2D eigenvalue weighted by atomic mass is 10.0. The number of non-ortho nitro benzene ring substituents is 1. The van der Waals surface area contributed by atoms with Gasteiger partial charge in [-0.2, -0.15) is 0 Å². The van der Waals surface area contributed by atoms with Gasteiger partial charge in [0.05, 0.1) is 16.9 Å². The summed E-state index contributed by atoms with van der Waals surface area (Å²) in [6, 6.07) is 17.5. The molecule has 0 radical (unpaired) electrons. The molecule has 1 N–H and O–H groups in total. The number of halogens is 2. The Hall–Kier alpha value is -3.67. The van der Waals surface area contributed by atoms with Crippen LogP contribution in [0, 0.1) is 10.1 Å². The van der Waals surface area contributed by atoms with Gasteiger partial charge >= 0.3 is 0 Å². The Morgan fingerprint density at radius 2 is 1.59 bits per heavy atom. The Labute approximate surface area is 249 Å². The summed E-state index contributed by atoms with van der Waals surface area (Å²) >= 11 is 12.9. The molecule has 0 fully saturated rings. The van der Waals surface area contributed by atoms with E-state index in [0.29, 0.717) is 5.56 Å². The maximum Gasteiger partial charge on any atom is 0.271 e. The molecule has 3 aromatic carbocycles. The number of nitrogens with zero attached hydrogens (tertiary/aromatic N) is 3. The average molecular weight is 622 g/mol. The topological polar surface area (TPSA) is 130 Å². The average Bonchev–Trinajstić information content (AvgIpc) is 2.90. The Morgan fingerprint density at radius 3 is 2.15 bits per heavy atom. The van der Waals surface area contributed by atoms with Crippen molar-refractivity contribution in [1.82, 2.24) is 10.2 Å². The Kier molecular flexibility index (Phi) is 10.7. The van der Waals surface area contributed by atoms with Gasteiger partial charge in [-0.15, -0.1) is 0 Å². The third-order valence-electron chi connectivity index (χ3n) is 6.10. The van der Waals surface area contributed by atoms with E-state index >= 15 is 0 Å². The van der Waals surface area contributed by atoms with Gasteiger partial charge in [-0.05, 0) is 37.6 Å². The number of amides is 2. The van der Waals surface area contributed by atoms with Gasteiger partial charge in [0.1, 0.15) is 12.6 Å². The molecule has 1 atom stereocenters. The predicted octanol–water partition coefficient (Wildman–Crippen LogP) is 4.83. The quantitative estimate of drug-likeness (QED) is 0.228. The van der Waals surface area contributed by atoms with Gasteiger partial charge in [-0.25, -0.2) is 8.42 Å². The molecule has 0 spiro atoms. The van der Waals surface area contributed by atoms with Crippen molar-refractivity contribution >= 4 is 56.4 Å². The van der Waals surface area contributed by atoms with E-state index in [4.69, 9.17) is 23.2 Å². The second kappa shape index (κ2) is 13.8. The minimum Gasteiger partial charge on any atom is -0.352 e. The number of benzene rings is 3. The number of hydrogen-bond donors (Lipinski definition) is 1. The van der Waals surface area contributed by atoms with Crippen LogP contribution in [0.15, 0.2) is 72.8 Å². The van der Waals surface area contributed by atoms with E-state index in [2.05, 4.69) is 5.32 Å². The number of nitro benzene ring substituents is 1. The van der Waals surface area contributed by atoms with Crippen LogP contribution in [-0.4, -0.2) is 54.9 Å². The van der Waals surface area contributed by atoms with Crippen LogP contribution in [0.1, 0.15) is 25.0 Å². The molecule has 3 aromatic rings. The van der Waals surface area contributed by atoms with Crippen molar-refractivity contribution in [3.8, 4) is 0 Å². The highest BCUT2D eigenvalue weighted by molar-refractivity contribution is 7.92. The predicted molar refractivity (Wildman–Crippen MR) is 160 cm³/mol. The molecule has 2 amide bonds. The van der Waals surface area contributed by atoms with E-state index in [1.165, 1.54) is 23.1 Å². The normalized spacial score (nSPS) is 12.0. The monoisotopic (exact) mass is 620 g/mol. The first-order chi connectivity index (χ1) is 19.3. The van der Waals surface area contributed by atoms with Crippen LogP contribution < -0.4 is 9.62 Å². The van der Waals surface area contributed by atoms with Gasteiger partial charge < -0.3 is 10.2 Å². The number of carbonyl (C=O) groups excluding carboxylic acids is 2. The Balaban J connectivity index is 2.12. The van der Waals surface area contributed by atoms with E-state index in [1.54, 1.807) is 44.2 Å². The molecule has 0 aromatic heterocycles. The second-order valence-corrected chi connectivity index (χ2v) is 12.4. The van der Waals surface area contributed by atoms with E-state index in [1.807, 2.05) is 18.2 Å². The molecule has 0 aliphatic heterocycles. The van der Waals surface area contributed by atoms with Crippen LogP contribution in [-0.2, 0) is 32.6 Å². The van der Waals surface area contributed by atoms with Gasteiger partial charge in [-0.3, -0.25) is 24.0 Å². The fourth-order valence-corrected chi connectivity index (χ4v) is 5.52. The Bertz CT molecular complexity index is 1500. The highest BCUT2D eigenvalue weighted by Crippen LogP contribution is 2.28. The van der Waals surface area contributed by atoms with Crippen molar-refractivity contribution in [2.45, 2.75) is 38.9 Å². The summed E-state index contributed by atoms with van der Waals surface area (Å²) < 4.78 is 26.5. The van der Waals surface area contributed by atoms with E-state index < -0.39 is 39.3 Å². The molecule has 218 valence electrons. The molecular formula is C28H30Cl2N4O6S. The first-order valence-electron chi connectivity index (χ1n) is 12.6. The molecule has 41 heavy (non-hydrogen) atoms. The van der Waals surface area contributed by atoms with Crippen LogP contribution in [0.5, 0.6) is 0 Å². The lowest BCUT2D eigenvalue weighted by Gasteiger charge is -2.34. The number of nitrogens with one attached hydrogen (secondary N) is 1. The summed E-state index contributed by atoms with van der Waals surface area (Å²) in [5, 5.41) is 14.7. The molecule has 3 rings (SSSR count). The fraction of sp³-hybridized carbons (Fsp3) is 0.286. The zero-order valence-electron chi connectivity index (χ0n) is 22.7. The number of sulfonamides is 1.